The van der Waals surface area contributed by atoms with Crippen molar-refractivity contribution in [2.45, 2.75) is 114 Å². The van der Waals surface area contributed by atoms with Crippen molar-refractivity contribution in [3.63, 3.8) is 0 Å². The van der Waals surface area contributed by atoms with Crippen molar-refractivity contribution in [2.75, 3.05) is 13.1 Å². The lowest BCUT2D eigenvalue weighted by Gasteiger charge is -2.56. The van der Waals surface area contributed by atoms with Gasteiger partial charge in [0.15, 0.2) is 6.29 Å². The molecule has 3 aromatic rings. The molecule has 4 bridgehead atoms. The number of aliphatic hydroxyl groups excluding tert-OH is 1. The Hall–Kier alpha value is -3.49. The Bertz CT molecular complexity index is 1610. The van der Waals surface area contributed by atoms with Crippen LogP contribution in [0, 0.1) is 17.8 Å². The van der Waals surface area contributed by atoms with Gasteiger partial charge in [-0.1, -0.05) is 91.7 Å². The van der Waals surface area contributed by atoms with Crippen molar-refractivity contribution in [2.24, 2.45) is 17.8 Å². The van der Waals surface area contributed by atoms with E-state index in [0.717, 1.165) is 89.9 Å². The highest BCUT2D eigenvalue weighted by Crippen LogP contribution is 2.55. The number of benzene rings is 3. The zero-order valence-electron chi connectivity index (χ0n) is 30.0. The maximum absolute atomic E-state index is 13.3. The Kier molecular flexibility index (Phi) is 10.3. The minimum absolute atomic E-state index is 0.00121. The molecule has 7 heteroatoms. The number of urea groups is 1. The van der Waals surface area contributed by atoms with Crippen LogP contribution >= 0.6 is 0 Å². The summed E-state index contributed by atoms with van der Waals surface area (Å²) in [5.74, 6) is 2.39. The van der Waals surface area contributed by atoms with Gasteiger partial charge >= 0.3 is 6.03 Å². The number of amides is 2. The van der Waals surface area contributed by atoms with Crippen LogP contribution in [0.2, 0.25) is 0 Å². The summed E-state index contributed by atoms with van der Waals surface area (Å²) in [5.41, 5.74) is 6.29. The monoisotopic (exact) mass is 689 g/mol. The Labute approximate surface area is 303 Å². The van der Waals surface area contributed by atoms with E-state index in [0.29, 0.717) is 12.6 Å². The van der Waals surface area contributed by atoms with Crippen LogP contribution in [0.1, 0.15) is 105 Å². The summed E-state index contributed by atoms with van der Waals surface area (Å²) in [6, 6.07) is 25.5. The SMILES string of the molecule is C=CCN(C[C@@H]1C[C@H](c2ccc(CO)cc2)O[C@H](c2ccc(-c3ccccc3CNC(=O)NC34CC5CC(CC(C5)C3)C4)cc2)O1)C1CCCC1. The molecular weight excluding hydrogens is 635 g/mol. The van der Waals surface area contributed by atoms with Gasteiger partial charge in [0.25, 0.3) is 0 Å². The van der Waals surface area contributed by atoms with E-state index in [9.17, 15) is 9.90 Å². The second kappa shape index (κ2) is 15.2. The Balaban J connectivity index is 0.959. The highest BCUT2D eigenvalue weighted by Gasteiger charge is 2.51. The number of ether oxygens (including phenoxy) is 2. The Morgan fingerprint density at radius 3 is 2.20 bits per heavy atom. The first-order valence-electron chi connectivity index (χ1n) is 19.6. The largest absolute Gasteiger partial charge is 0.392 e. The molecule has 0 aromatic heterocycles. The molecule has 0 radical (unpaired) electrons. The molecule has 5 aliphatic carbocycles. The number of aliphatic hydroxyl groups is 1. The fourth-order valence-corrected chi connectivity index (χ4v) is 10.6. The van der Waals surface area contributed by atoms with E-state index in [4.69, 9.17) is 9.47 Å². The van der Waals surface area contributed by atoms with Gasteiger partial charge in [0.2, 0.25) is 0 Å². The summed E-state index contributed by atoms with van der Waals surface area (Å²) >= 11 is 0. The second-order valence-electron chi connectivity index (χ2n) is 16.3. The molecule has 1 aliphatic heterocycles. The van der Waals surface area contributed by atoms with Crippen molar-refractivity contribution in [3.05, 3.63) is 108 Å². The summed E-state index contributed by atoms with van der Waals surface area (Å²) in [4.78, 5) is 15.8. The molecule has 3 aromatic carbocycles. The zero-order chi connectivity index (χ0) is 34.8. The molecule has 3 atom stereocenters. The fourth-order valence-electron chi connectivity index (χ4n) is 10.6. The number of hydrogen-bond acceptors (Lipinski definition) is 5. The van der Waals surface area contributed by atoms with Crippen molar-refractivity contribution < 1.29 is 19.4 Å². The lowest BCUT2D eigenvalue weighted by molar-refractivity contribution is -0.253. The summed E-state index contributed by atoms with van der Waals surface area (Å²) < 4.78 is 13.4. The van der Waals surface area contributed by atoms with E-state index in [2.05, 4.69) is 76.7 Å². The summed E-state index contributed by atoms with van der Waals surface area (Å²) in [7, 11) is 0. The average Bonchev–Trinajstić information content (AvgIpc) is 3.69. The smallest absolute Gasteiger partial charge is 0.315 e. The van der Waals surface area contributed by atoms with Crippen molar-refractivity contribution in [1.29, 1.82) is 0 Å². The van der Waals surface area contributed by atoms with Crippen molar-refractivity contribution >= 4 is 6.03 Å². The van der Waals surface area contributed by atoms with Crippen LogP contribution < -0.4 is 10.6 Å². The van der Waals surface area contributed by atoms with E-state index in [1.54, 1.807) is 0 Å². The van der Waals surface area contributed by atoms with Gasteiger partial charge in [-0.05, 0) is 96.9 Å². The summed E-state index contributed by atoms with van der Waals surface area (Å²) in [6.45, 7) is 6.26. The van der Waals surface area contributed by atoms with Gasteiger partial charge in [-0.3, -0.25) is 4.90 Å². The van der Waals surface area contributed by atoms with Gasteiger partial charge in [0.1, 0.15) is 0 Å². The number of carbonyl (C=O) groups excluding carboxylic acids is 1. The van der Waals surface area contributed by atoms with Crippen molar-refractivity contribution in [3.8, 4) is 11.1 Å². The molecule has 7 nitrogen and oxygen atoms in total. The minimum atomic E-state index is -0.500. The zero-order valence-corrected chi connectivity index (χ0v) is 30.0. The molecule has 9 rings (SSSR count). The molecule has 51 heavy (non-hydrogen) atoms. The maximum atomic E-state index is 13.3. The second-order valence-corrected chi connectivity index (χ2v) is 16.3. The lowest BCUT2D eigenvalue weighted by atomic mass is 9.53. The van der Waals surface area contributed by atoms with Crippen LogP contribution in [0.4, 0.5) is 4.79 Å². The summed E-state index contributed by atoms with van der Waals surface area (Å²) in [6.07, 6.45) is 14.7. The van der Waals surface area contributed by atoms with Gasteiger partial charge in [0, 0.05) is 43.2 Å². The quantitative estimate of drug-likeness (QED) is 0.166. The van der Waals surface area contributed by atoms with E-state index < -0.39 is 6.29 Å². The predicted molar refractivity (Wildman–Crippen MR) is 201 cm³/mol. The molecule has 5 saturated carbocycles. The summed E-state index contributed by atoms with van der Waals surface area (Å²) in [5, 5.41) is 16.3. The van der Waals surface area contributed by atoms with E-state index >= 15 is 0 Å². The molecule has 0 spiro atoms. The first kappa shape index (κ1) is 34.6. The third-order valence-corrected chi connectivity index (χ3v) is 12.6. The molecule has 2 amide bonds. The molecule has 3 N–H and O–H groups in total. The molecule has 1 saturated heterocycles. The highest BCUT2D eigenvalue weighted by atomic mass is 16.7. The first-order chi connectivity index (χ1) is 25.0. The standard InChI is InChI=1S/C44H55N3O4/c1-2-19-47(38-8-4-5-9-38)28-39-23-41(35-13-11-30(29-48)12-14-35)51-42(50-39)36-17-15-34(16-18-36)40-10-6-3-7-37(40)27-45-43(49)46-44-24-31-20-32(25-44)22-33(21-31)26-44/h2-3,6-7,10-18,31-33,38-39,41-42,48H,1,4-5,8-9,19-29H2,(H2,45,46,49)/t31?,32?,33?,39-,41+,42+,44?/m0/s1. The number of nitrogens with one attached hydrogen (secondary N) is 2. The number of carbonyl (C=O) groups is 1. The molecule has 270 valence electrons. The average molecular weight is 690 g/mol. The molecular formula is C44H55N3O4. The topological polar surface area (TPSA) is 83.1 Å². The van der Waals surface area contributed by atoms with Gasteiger partial charge in [-0.15, -0.1) is 6.58 Å². The van der Waals surface area contributed by atoms with E-state index in [-0.39, 0.29) is 30.4 Å². The van der Waals surface area contributed by atoms with Crippen LogP contribution in [0.3, 0.4) is 0 Å². The van der Waals surface area contributed by atoms with Gasteiger partial charge in [0.05, 0.1) is 18.8 Å². The number of nitrogens with zero attached hydrogens (tertiary/aromatic N) is 1. The molecule has 0 unspecified atom stereocenters. The minimum Gasteiger partial charge on any atom is -0.392 e. The van der Waals surface area contributed by atoms with Gasteiger partial charge < -0.3 is 25.2 Å². The Morgan fingerprint density at radius 2 is 1.53 bits per heavy atom. The number of rotatable bonds is 12. The van der Waals surface area contributed by atoms with Crippen LogP contribution in [0.25, 0.3) is 11.1 Å². The van der Waals surface area contributed by atoms with Crippen LogP contribution in [0.5, 0.6) is 0 Å². The van der Waals surface area contributed by atoms with Gasteiger partial charge in [-0.2, -0.15) is 0 Å². The Morgan fingerprint density at radius 1 is 0.863 bits per heavy atom. The normalized spacial score (nSPS) is 30.1. The van der Waals surface area contributed by atoms with Crippen LogP contribution in [-0.4, -0.2) is 46.8 Å². The third kappa shape index (κ3) is 7.83. The van der Waals surface area contributed by atoms with Crippen LogP contribution in [-0.2, 0) is 22.6 Å². The molecule has 6 fully saturated rings. The molecule has 6 aliphatic rings. The third-order valence-electron chi connectivity index (χ3n) is 12.6. The number of hydrogen-bond donors (Lipinski definition) is 3. The molecule has 1 heterocycles. The van der Waals surface area contributed by atoms with Gasteiger partial charge in [-0.25, -0.2) is 4.79 Å². The predicted octanol–water partition coefficient (Wildman–Crippen LogP) is 8.59. The fraction of sp³-hybridized carbons (Fsp3) is 0.523. The first-order valence-corrected chi connectivity index (χ1v) is 19.6. The highest BCUT2D eigenvalue weighted by molar-refractivity contribution is 5.76. The van der Waals surface area contributed by atoms with E-state index in [1.807, 2.05) is 24.3 Å². The van der Waals surface area contributed by atoms with Crippen LogP contribution in [0.15, 0.2) is 85.5 Å². The lowest BCUT2D eigenvalue weighted by Crippen LogP contribution is -2.61. The van der Waals surface area contributed by atoms with E-state index in [1.165, 1.54) is 44.9 Å². The van der Waals surface area contributed by atoms with Crippen molar-refractivity contribution in [1.82, 2.24) is 15.5 Å². The maximum Gasteiger partial charge on any atom is 0.315 e.